The molecule has 34 heavy (non-hydrogen) atoms. The normalized spacial score (nSPS) is 12.6. The Morgan fingerprint density at radius 1 is 0.912 bits per heavy atom. The van der Waals surface area contributed by atoms with Crippen LogP contribution in [0.4, 0.5) is 0 Å². The Morgan fingerprint density at radius 3 is 2.15 bits per heavy atom. The molecule has 0 saturated carbocycles. The van der Waals surface area contributed by atoms with Crippen molar-refractivity contribution in [3.8, 4) is 0 Å². The lowest BCUT2D eigenvalue weighted by molar-refractivity contribution is -0.139. The molecule has 0 fully saturated rings. The van der Waals surface area contributed by atoms with Crippen LogP contribution in [0.25, 0.3) is 0 Å². The molecule has 0 aliphatic carbocycles. The fraction of sp³-hybridized carbons (Fsp3) is 0.286. The van der Waals surface area contributed by atoms with Crippen molar-refractivity contribution in [2.24, 2.45) is 0 Å². The van der Waals surface area contributed by atoms with Crippen molar-refractivity contribution in [1.82, 2.24) is 10.2 Å². The standard InChI is InChI=1S/C28H31ClN2O2S/c1-3-21(2)30-28(33)26(18-22-10-6-4-7-11-22)31(19-23-14-16-24(29)17-15-23)27(32)20-34-25-12-8-5-9-13-25/h4-17,21,26H,3,18-20H2,1-2H3,(H,30,33)/t21-,26+/m0/s1. The fourth-order valence-corrected chi connectivity index (χ4v) is 4.46. The summed E-state index contributed by atoms with van der Waals surface area (Å²) in [4.78, 5) is 29.8. The molecule has 0 bridgehead atoms. The van der Waals surface area contributed by atoms with Crippen LogP contribution in [-0.2, 0) is 22.6 Å². The Morgan fingerprint density at radius 2 is 1.53 bits per heavy atom. The third kappa shape index (κ3) is 7.93. The van der Waals surface area contributed by atoms with Crippen molar-refractivity contribution in [1.29, 1.82) is 0 Å². The Labute approximate surface area is 211 Å². The van der Waals surface area contributed by atoms with E-state index in [4.69, 9.17) is 11.6 Å². The predicted molar refractivity (Wildman–Crippen MR) is 141 cm³/mol. The van der Waals surface area contributed by atoms with Gasteiger partial charge in [0.05, 0.1) is 5.75 Å². The van der Waals surface area contributed by atoms with Crippen LogP contribution in [0.1, 0.15) is 31.4 Å². The second-order valence-corrected chi connectivity index (χ2v) is 9.76. The number of carbonyl (C=O) groups is 2. The maximum Gasteiger partial charge on any atom is 0.243 e. The summed E-state index contributed by atoms with van der Waals surface area (Å²) in [5, 5.41) is 3.73. The molecule has 3 aromatic rings. The van der Waals surface area contributed by atoms with Crippen LogP contribution in [0.5, 0.6) is 0 Å². The highest BCUT2D eigenvalue weighted by atomic mass is 35.5. The quantitative estimate of drug-likeness (QED) is 0.333. The SMILES string of the molecule is CC[C@H](C)NC(=O)[C@@H](Cc1ccccc1)N(Cc1ccc(Cl)cc1)C(=O)CSc1ccccc1. The first-order chi connectivity index (χ1) is 16.5. The zero-order chi connectivity index (χ0) is 24.3. The highest BCUT2D eigenvalue weighted by Crippen LogP contribution is 2.21. The highest BCUT2D eigenvalue weighted by molar-refractivity contribution is 8.00. The van der Waals surface area contributed by atoms with Crippen molar-refractivity contribution in [3.63, 3.8) is 0 Å². The van der Waals surface area contributed by atoms with Crippen molar-refractivity contribution in [2.75, 3.05) is 5.75 Å². The topological polar surface area (TPSA) is 49.4 Å². The number of hydrogen-bond donors (Lipinski definition) is 1. The lowest BCUT2D eigenvalue weighted by Gasteiger charge is -2.32. The molecule has 3 rings (SSSR count). The van der Waals surface area contributed by atoms with Gasteiger partial charge in [0.2, 0.25) is 11.8 Å². The minimum Gasteiger partial charge on any atom is -0.352 e. The van der Waals surface area contributed by atoms with Gasteiger partial charge in [0.15, 0.2) is 0 Å². The smallest absolute Gasteiger partial charge is 0.243 e. The largest absolute Gasteiger partial charge is 0.352 e. The van der Waals surface area contributed by atoms with Gasteiger partial charge in [-0.05, 0) is 48.7 Å². The molecule has 4 nitrogen and oxygen atoms in total. The predicted octanol–water partition coefficient (Wildman–Crippen LogP) is 5.99. The van der Waals surface area contributed by atoms with E-state index in [0.29, 0.717) is 18.0 Å². The molecular formula is C28H31ClN2O2S. The van der Waals surface area contributed by atoms with Crippen LogP contribution < -0.4 is 5.32 Å². The monoisotopic (exact) mass is 494 g/mol. The van der Waals surface area contributed by atoms with E-state index >= 15 is 0 Å². The summed E-state index contributed by atoms with van der Waals surface area (Å²) in [6.07, 6.45) is 1.26. The summed E-state index contributed by atoms with van der Waals surface area (Å²) < 4.78 is 0. The average molecular weight is 495 g/mol. The first-order valence-electron chi connectivity index (χ1n) is 11.5. The van der Waals surface area contributed by atoms with Gasteiger partial charge in [-0.2, -0.15) is 0 Å². The van der Waals surface area contributed by atoms with Crippen molar-refractivity contribution in [3.05, 3.63) is 101 Å². The van der Waals surface area contributed by atoms with E-state index in [1.54, 1.807) is 4.90 Å². The minimum atomic E-state index is -0.629. The molecule has 0 saturated heterocycles. The van der Waals surface area contributed by atoms with Crippen LogP contribution in [0.15, 0.2) is 89.8 Å². The number of carbonyl (C=O) groups excluding carboxylic acids is 2. The first kappa shape index (κ1) is 25.9. The molecule has 3 aromatic carbocycles. The Kier molecular flexibility index (Phi) is 10.0. The molecule has 0 radical (unpaired) electrons. The second-order valence-electron chi connectivity index (χ2n) is 8.27. The first-order valence-corrected chi connectivity index (χ1v) is 12.9. The number of nitrogens with zero attached hydrogens (tertiary/aromatic N) is 1. The van der Waals surface area contributed by atoms with E-state index in [1.165, 1.54) is 11.8 Å². The summed E-state index contributed by atoms with van der Waals surface area (Å²) in [5.74, 6) is 0.0359. The number of benzene rings is 3. The maximum atomic E-state index is 13.6. The number of hydrogen-bond acceptors (Lipinski definition) is 3. The third-order valence-electron chi connectivity index (χ3n) is 5.64. The van der Waals surface area contributed by atoms with Crippen LogP contribution in [0.2, 0.25) is 5.02 Å². The summed E-state index contributed by atoms with van der Waals surface area (Å²) in [6, 6.07) is 26.5. The average Bonchev–Trinajstić information content (AvgIpc) is 2.87. The molecule has 2 amide bonds. The van der Waals surface area contributed by atoms with Gasteiger partial charge < -0.3 is 10.2 Å². The molecule has 0 unspecified atom stereocenters. The molecule has 0 aliphatic rings. The second kappa shape index (κ2) is 13.2. The minimum absolute atomic E-state index is 0.0250. The summed E-state index contributed by atoms with van der Waals surface area (Å²) in [7, 11) is 0. The summed E-state index contributed by atoms with van der Waals surface area (Å²) >= 11 is 7.55. The molecule has 0 heterocycles. The van der Waals surface area contributed by atoms with Gasteiger partial charge in [-0.1, -0.05) is 79.2 Å². The third-order valence-corrected chi connectivity index (χ3v) is 6.89. The summed E-state index contributed by atoms with van der Waals surface area (Å²) in [6.45, 7) is 4.34. The van der Waals surface area contributed by atoms with Gasteiger partial charge in [0, 0.05) is 28.9 Å². The van der Waals surface area contributed by atoms with Crippen LogP contribution >= 0.6 is 23.4 Å². The Hall–Kier alpha value is -2.76. The number of nitrogens with one attached hydrogen (secondary N) is 1. The molecule has 178 valence electrons. The molecule has 1 N–H and O–H groups in total. The van der Waals surface area contributed by atoms with Crippen molar-refractivity contribution < 1.29 is 9.59 Å². The maximum absolute atomic E-state index is 13.6. The van der Waals surface area contributed by atoms with Gasteiger partial charge in [0.1, 0.15) is 6.04 Å². The molecule has 2 atom stereocenters. The zero-order valence-electron chi connectivity index (χ0n) is 19.6. The fourth-order valence-electron chi connectivity index (χ4n) is 3.53. The molecular weight excluding hydrogens is 464 g/mol. The van der Waals surface area contributed by atoms with Crippen LogP contribution in [-0.4, -0.2) is 34.6 Å². The van der Waals surface area contributed by atoms with Gasteiger partial charge in [-0.3, -0.25) is 9.59 Å². The van der Waals surface area contributed by atoms with E-state index in [2.05, 4.69) is 5.32 Å². The Balaban J connectivity index is 1.90. The van der Waals surface area contributed by atoms with E-state index in [-0.39, 0.29) is 23.6 Å². The molecule has 0 aliphatic heterocycles. The Bertz CT molecular complexity index is 1050. The van der Waals surface area contributed by atoms with Gasteiger partial charge in [-0.25, -0.2) is 0 Å². The lowest BCUT2D eigenvalue weighted by Crippen LogP contribution is -2.52. The van der Waals surface area contributed by atoms with Crippen LogP contribution in [0.3, 0.4) is 0 Å². The lowest BCUT2D eigenvalue weighted by atomic mass is 10.0. The van der Waals surface area contributed by atoms with E-state index in [9.17, 15) is 9.59 Å². The van der Waals surface area contributed by atoms with E-state index in [1.807, 2.05) is 98.8 Å². The van der Waals surface area contributed by atoms with Gasteiger partial charge in [-0.15, -0.1) is 11.8 Å². The van der Waals surface area contributed by atoms with Crippen LogP contribution in [0, 0.1) is 0 Å². The number of rotatable bonds is 11. The zero-order valence-corrected chi connectivity index (χ0v) is 21.2. The van der Waals surface area contributed by atoms with Gasteiger partial charge in [0.25, 0.3) is 0 Å². The number of thioether (sulfide) groups is 1. The van der Waals surface area contributed by atoms with E-state index in [0.717, 1.165) is 22.4 Å². The van der Waals surface area contributed by atoms with Crippen molar-refractivity contribution >= 4 is 35.2 Å². The molecule has 6 heteroatoms. The van der Waals surface area contributed by atoms with E-state index < -0.39 is 6.04 Å². The van der Waals surface area contributed by atoms with Gasteiger partial charge >= 0.3 is 0 Å². The highest BCUT2D eigenvalue weighted by Gasteiger charge is 2.30. The molecule has 0 spiro atoms. The number of amides is 2. The summed E-state index contributed by atoms with van der Waals surface area (Å²) in [5.41, 5.74) is 1.94. The number of halogens is 1. The van der Waals surface area contributed by atoms with Crippen molar-refractivity contribution in [2.45, 2.75) is 50.2 Å². The molecule has 0 aromatic heterocycles.